The lowest BCUT2D eigenvalue weighted by Gasteiger charge is -2.14. The van der Waals surface area contributed by atoms with Crippen molar-refractivity contribution in [2.75, 3.05) is 0 Å². The second kappa shape index (κ2) is 7.58. The van der Waals surface area contributed by atoms with E-state index in [9.17, 15) is 9.59 Å². The number of nitrogens with two attached hydrogens (primary N) is 1. The van der Waals surface area contributed by atoms with E-state index in [1.54, 1.807) is 18.2 Å². The number of amides is 1. The largest absolute Gasteiger partial charge is 0.489 e. The van der Waals surface area contributed by atoms with Crippen molar-refractivity contribution in [2.24, 2.45) is 5.73 Å². The van der Waals surface area contributed by atoms with Gasteiger partial charge in [0.25, 0.3) is 0 Å². The van der Waals surface area contributed by atoms with Crippen LogP contribution in [0.1, 0.15) is 34.6 Å². The molecule has 0 aromatic heterocycles. The molecule has 120 valence electrons. The Balaban J connectivity index is 2.17. The lowest BCUT2D eigenvalue weighted by Crippen LogP contribution is -2.21. The van der Waals surface area contributed by atoms with Gasteiger partial charge in [0, 0.05) is 6.42 Å². The normalized spacial score (nSPS) is 11.7. The van der Waals surface area contributed by atoms with Crippen molar-refractivity contribution >= 4 is 12.2 Å². The maximum Gasteiger partial charge on any atom is 0.225 e. The Labute approximate surface area is 136 Å². The van der Waals surface area contributed by atoms with Crippen molar-refractivity contribution in [2.45, 2.75) is 32.8 Å². The SMILES string of the molecule is Cc1cccc(C)c1COc1cccc(C(CC=O)C(N)=O)c1. The molecule has 0 aliphatic rings. The van der Waals surface area contributed by atoms with Crippen LogP contribution in [-0.4, -0.2) is 12.2 Å². The smallest absolute Gasteiger partial charge is 0.225 e. The van der Waals surface area contributed by atoms with Crippen molar-refractivity contribution in [1.82, 2.24) is 0 Å². The van der Waals surface area contributed by atoms with E-state index in [0.717, 1.165) is 5.56 Å². The molecule has 0 aliphatic carbocycles. The van der Waals surface area contributed by atoms with Gasteiger partial charge in [0.2, 0.25) is 5.91 Å². The Morgan fingerprint density at radius 2 is 1.83 bits per heavy atom. The Kier molecular flexibility index (Phi) is 5.52. The first kappa shape index (κ1) is 16.7. The highest BCUT2D eigenvalue weighted by molar-refractivity contribution is 5.84. The zero-order valence-electron chi connectivity index (χ0n) is 13.4. The number of carbonyl (C=O) groups excluding carboxylic acids is 2. The summed E-state index contributed by atoms with van der Waals surface area (Å²) < 4.78 is 5.86. The van der Waals surface area contributed by atoms with Crippen LogP contribution in [-0.2, 0) is 16.2 Å². The van der Waals surface area contributed by atoms with Crippen LogP contribution in [0.2, 0.25) is 0 Å². The summed E-state index contributed by atoms with van der Waals surface area (Å²) in [5.74, 6) is -0.470. The maximum atomic E-state index is 11.5. The van der Waals surface area contributed by atoms with Crippen LogP contribution < -0.4 is 10.5 Å². The zero-order valence-corrected chi connectivity index (χ0v) is 13.4. The van der Waals surface area contributed by atoms with Crippen LogP contribution in [0.4, 0.5) is 0 Å². The van der Waals surface area contributed by atoms with Crippen LogP contribution in [0.3, 0.4) is 0 Å². The van der Waals surface area contributed by atoms with Gasteiger partial charge < -0.3 is 15.3 Å². The van der Waals surface area contributed by atoms with E-state index in [1.165, 1.54) is 11.1 Å². The minimum Gasteiger partial charge on any atom is -0.489 e. The number of hydrogen-bond acceptors (Lipinski definition) is 3. The molecule has 1 unspecified atom stereocenters. The van der Waals surface area contributed by atoms with Crippen LogP contribution in [0.5, 0.6) is 5.75 Å². The average Bonchev–Trinajstić information content (AvgIpc) is 2.52. The summed E-state index contributed by atoms with van der Waals surface area (Å²) in [6, 6.07) is 13.3. The minimum absolute atomic E-state index is 0.0791. The predicted molar refractivity (Wildman–Crippen MR) is 89.3 cm³/mol. The Morgan fingerprint density at radius 3 is 2.43 bits per heavy atom. The van der Waals surface area contributed by atoms with Crippen LogP contribution >= 0.6 is 0 Å². The lowest BCUT2D eigenvalue weighted by molar-refractivity contribution is -0.121. The van der Waals surface area contributed by atoms with Gasteiger partial charge in [-0.05, 0) is 48.2 Å². The average molecular weight is 311 g/mol. The molecule has 0 saturated heterocycles. The lowest BCUT2D eigenvalue weighted by atomic mass is 9.95. The van der Waals surface area contributed by atoms with E-state index in [2.05, 4.69) is 26.0 Å². The van der Waals surface area contributed by atoms with Crippen molar-refractivity contribution in [3.63, 3.8) is 0 Å². The van der Waals surface area contributed by atoms with E-state index in [0.29, 0.717) is 24.2 Å². The molecule has 0 bridgehead atoms. The maximum absolute atomic E-state index is 11.5. The molecule has 1 amide bonds. The number of primary amides is 1. The molecule has 0 spiro atoms. The molecule has 2 rings (SSSR count). The molecule has 1 atom stereocenters. The molecule has 0 saturated carbocycles. The summed E-state index contributed by atoms with van der Waals surface area (Å²) in [5.41, 5.74) is 9.57. The first-order valence-electron chi connectivity index (χ1n) is 7.53. The number of carbonyl (C=O) groups is 2. The minimum atomic E-state index is -0.615. The van der Waals surface area contributed by atoms with Crippen molar-refractivity contribution in [3.05, 3.63) is 64.7 Å². The van der Waals surface area contributed by atoms with Crippen LogP contribution in [0.15, 0.2) is 42.5 Å². The Morgan fingerprint density at radius 1 is 1.17 bits per heavy atom. The van der Waals surface area contributed by atoms with Crippen molar-refractivity contribution in [1.29, 1.82) is 0 Å². The quantitative estimate of drug-likeness (QED) is 0.799. The fourth-order valence-corrected chi connectivity index (χ4v) is 2.57. The van der Waals surface area contributed by atoms with Gasteiger partial charge in [-0.3, -0.25) is 4.79 Å². The van der Waals surface area contributed by atoms with E-state index >= 15 is 0 Å². The fraction of sp³-hybridized carbons (Fsp3) is 0.263. The molecule has 0 aliphatic heterocycles. The topological polar surface area (TPSA) is 69.4 Å². The highest BCUT2D eigenvalue weighted by Gasteiger charge is 2.17. The van der Waals surface area contributed by atoms with E-state index < -0.39 is 11.8 Å². The zero-order chi connectivity index (χ0) is 16.8. The summed E-state index contributed by atoms with van der Waals surface area (Å²) in [6.45, 7) is 4.56. The molecule has 4 heteroatoms. The first-order valence-corrected chi connectivity index (χ1v) is 7.53. The number of aldehydes is 1. The number of rotatable bonds is 7. The second-order valence-electron chi connectivity index (χ2n) is 5.59. The van der Waals surface area contributed by atoms with Gasteiger partial charge in [-0.15, -0.1) is 0 Å². The molecular formula is C19H21NO3. The van der Waals surface area contributed by atoms with Crippen molar-refractivity contribution < 1.29 is 14.3 Å². The van der Waals surface area contributed by atoms with Gasteiger partial charge in [0.15, 0.2) is 0 Å². The molecule has 2 aromatic carbocycles. The highest BCUT2D eigenvalue weighted by atomic mass is 16.5. The second-order valence-corrected chi connectivity index (χ2v) is 5.59. The van der Waals surface area contributed by atoms with Gasteiger partial charge in [0.05, 0.1) is 5.92 Å². The molecular weight excluding hydrogens is 290 g/mol. The first-order chi connectivity index (χ1) is 11.0. The van der Waals surface area contributed by atoms with Crippen molar-refractivity contribution in [3.8, 4) is 5.75 Å². The third-order valence-corrected chi connectivity index (χ3v) is 3.96. The molecule has 0 heterocycles. The van der Waals surface area contributed by atoms with Gasteiger partial charge >= 0.3 is 0 Å². The molecule has 0 radical (unpaired) electrons. The monoisotopic (exact) mass is 311 g/mol. The summed E-state index contributed by atoms with van der Waals surface area (Å²) in [6.07, 6.45) is 0.787. The molecule has 23 heavy (non-hydrogen) atoms. The molecule has 2 aromatic rings. The molecule has 2 N–H and O–H groups in total. The number of aryl methyl sites for hydroxylation is 2. The molecule has 4 nitrogen and oxygen atoms in total. The highest BCUT2D eigenvalue weighted by Crippen LogP contribution is 2.24. The number of hydrogen-bond donors (Lipinski definition) is 1. The third kappa shape index (κ3) is 4.19. The van der Waals surface area contributed by atoms with Gasteiger partial charge in [0.1, 0.15) is 18.6 Å². The van der Waals surface area contributed by atoms with E-state index in [1.807, 2.05) is 12.1 Å². The summed E-state index contributed by atoms with van der Waals surface area (Å²) in [4.78, 5) is 22.2. The fourth-order valence-electron chi connectivity index (χ4n) is 2.57. The predicted octanol–water partition coefficient (Wildman–Crippen LogP) is 3.04. The van der Waals surface area contributed by atoms with Gasteiger partial charge in [-0.1, -0.05) is 30.3 Å². The Bertz CT molecular complexity index is 689. The van der Waals surface area contributed by atoms with E-state index in [-0.39, 0.29) is 6.42 Å². The Hall–Kier alpha value is -2.62. The standard InChI is InChI=1S/C19H21NO3/c1-13-5-3-6-14(2)18(13)12-23-16-8-4-7-15(11-16)17(9-10-21)19(20)22/h3-8,10-11,17H,9,12H2,1-2H3,(H2,20,22). The third-order valence-electron chi connectivity index (χ3n) is 3.96. The molecule has 0 fully saturated rings. The van der Waals surface area contributed by atoms with Gasteiger partial charge in [-0.2, -0.15) is 0 Å². The number of ether oxygens (including phenoxy) is 1. The van der Waals surface area contributed by atoms with Crippen LogP contribution in [0.25, 0.3) is 0 Å². The summed E-state index contributed by atoms with van der Waals surface area (Å²) in [5, 5.41) is 0. The number of benzene rings is 2. The summed E-state index contributed by atoms with van der Waals surface area (Å²) in [7, 11) is 0. The van der Waals surface area contributed by atoms with E-state index in [4.69, 9.17) is 10.5 Å². The van der Waals surface area contributed by atoms with Crippen LogP contribution in [0, 0.1) is 13.8 Å². The van der Waals surface area contributed by atoms with Gasteiger partial charge in [-0.25, -0.2) is 0 Å². The summed E-state index contributed by atoms with van der Waals surface area (Å²) >= 11 is 0.